The summed E-state index contributed by atoms with van der Waals surface area (Å²) in [4.78, 5) is 13.4. The van der Waals surface area contributed by atoms with E-state index in [1.807, 2.05) is 6.92 Å². The quantitative estimate of drug-likeness (QED) is 0.427. The Hall–Kier alpha value is -0.570. The molecule has 3 atom stereocenters. The molecule has 3 nitrogen and oxygen atoms in total. The minimum absolute atomic E-state index is 0.0208. The van der Waals surface area contributed by atoms with Gasteiger partial charge in [-0.05, 0) is 19.8 Å². The first-order valence-corrected chi connectivity index (χ1v) is 4.25. The van der Waals surface area contributed by atoms with E-state index in [-0.39, 0.29) is 12.0 Å². The molecule has 0 aromatic carbocycles. The summed E-state index contributed by atoms with van der Waals surface area (Å²) >= 11 is 0. The third kappa shape index (κ3) is 1.13. The highest BCUT2D eigenvalue weighted by atomic mass is 16.5. The van der Waals surface area contributed by atoms with E-state index in [1.54, 1.807) is 0 Å². The second kappa shape index (κ2) is 2.48. The minimum Gasteiger partial charge on any atom is -0.465 e. The van der Waals surface area contributed by atoms with Crippen LogP contribution >= 0.6 is 0 Å². The van der Waals surface area contributed by atoms with Gasteiger partial charge in [0, 0.05) is 12.6 Å². The number of fused-ring (bicyclic) bond motifs is 1. The van der Waals surface area contributed by atoms with Crippen LogP contribution in [0.2, 0.25) is 0 Å². The van der Waals surface area contributed by atoms with Crippen molar-refractivity contribution >= 4 is 5.97 Å². The molecule has 1 unspecified atom stereocenters. The molecule has 0 amide bonds. The fraction of sp³-hybridized carbons (Fsp3) is 0.875. The predicted octanol–water partition coefficient (Wildman–Crippen LogP) is 0.396. The Morgan fingerprint density at radius 3 is 2.91 bits per heavy atom. The maximum Gasteiger partial charge on any atom is 0.323 e. The van der Waals surface area contributed by atoms with Gasteiger partial charge in [-0.15, -0.1) is 0 Å². The fourth-order valence-corrected chi connectivity index (χ4v) is 1.84. The molecule has 62 valence electrons. The van der Waals surface area contributed by atoms with Crippen LogP contribution in [-0.4, -0.2) is 36.1 Å². The molecule has 2 fully saturated rings. The van der Waals surface area contributed by atoms with Crippen molar-refractivity contribution in [2.24, 2.45) is 0 Å². The Labute approximate surface area is 66.3 Å². The fourth-order valence-electron chi connectivity index (χ4n) is 1.84. The lowest BCUT2D eigenvalue weighted by molar-refractivity contribution is -0.147. The lowest BCUT2D eigenvalue weighted by atomic mass is 10.2. The summed E-state index contributed by atoms with van der Waals surface area (Å²) in [6.07, 6.45) is 2.19. The first-order valence-electron chi connectivity index (χ1n) is 4.25. The number of carbonyl (C=O) groups is 1. The number of rotatable bonds is 2. The van der Waals surface area contributed by atoms with E-state index in [9.17, 15) is 4.79 Å². The molecule has 2 rings (SSSR count). The molecule has 2 aliphatic heterocycles. The monoisotopic (exact) mass is 155 g/mol. The molecule has 0 aliphatic carbocycles. The summed E-state index contributed by atoms with van der Waals surface area (Å²) in [5.74, 6) is -0.0208. The summed E-state index contributed by atoms with van der Waals surface area (Å²) in [5, 5.41) is 0. The Kier molecular flexibility index (Phi) is 1.60. The number of esters is 1. The number of nitrogens with zero attached hydrogens (tertiary/aromatic N) is 1. The van der Waals surface area contributed by atoms with E-state index in [0.29, 0.717) is 12.6 Å². The van der Waals surface area contributed by atoms with Crippen molar-refractivity contribution in [1.29, 1.82) is 0 Å². The zero-order valence-electron chi connectivity index (χ0n) is 6.75. The molecule has 0 N–H and O–H groups in total. The smallest absolute Gasteiger partial charge is 0.323 e. The summed E-state index contributed by atoms with van der Waals surface area (Å²) in [7, 11) is 0. The van der Waals surface area contributed by atoms with Crippen molar-refractivity contribution in [3.05, 3.63) is 0 Å². The summed E-state index contributed by atoms with van der Waals surface area (Å²) < 4.78 is 4.94. The van der Waals surface area contributed by atoms with Crippen molar-refractivity contribution < 1.29 is 9.53 Å². The van der Waals surface area contributed by atoms with Gasteiger partial charge < -0.3 is 4.74 Å². The Morgan fingerprint density at radius 1 is 1.64 bits per heavy atom. The molecule has 0 aromatic heterocycles. The third-order valence-electron chi connectivity index (χ3n) is 2.49. The molecular formula is C8H13NO2. The largest absolute Gasteiger partial charge is 0.465 e. The van der Waals surface area contributed by atoms with E-state index in [4.69, 9.17) is 4.74 Å². The number of carbonyl (C=O) groups excluding carboxylic acids is 1. The van der Waals surface area contributed by atoms with Crippen molar-refractivity contribution in [2.45, 2.75) is 31.8 Å². The van der Waals surface area contributed by atoms with Crippen LogP contribution in [0.25, 0.3) is 0 Å². The van der Waals surface area contributed by atoms with Gasteiger partial charge in [0.15, 0.2) is 0 Å². The van der Waals surface area contributed by atoms with Crippen LogP contribution in [0, 0.1) is 0 Å². The number of hydrogen-bond donors (Lipinski definition) is 0. The van der Waals surface area contributed by atoms with Gasteiger partial charge in [0.25, 0.3) is 0 Å². The van der Waals surface area contributed by atoms with Gasteiger partial charge >= 0.3 is 5.97 Å². The molecule has 0 saturated carbocycles. The second-order valence-electron chi connectivity index (χ2n) is 3.20. The standard InChI is InChI=1S/C8H13NO2/c1-2-11-8(10)7-4-3-6-5-9(6)7/h6-7H,2-5H2,1H3/t6-,7-,9?/m0/s1. The predicted molar refractivity (Wildman–Crippen MR) is 40.1 cm³/mol. The van der Waals surface area contributed by atoms with Crippen molar-refractivity contribution in [3.8, 4) is 0 Å². The number of piperidine rings is 1. The Morgan fingerprint density at radius 2 is 2.45 bits per heavy atom. The van der Waals surface area contributed by atoms with Crippen LogP contribution in [0.15, 0.2) is 0 Å². The van der Waals surface area contributed by atoms with Crippen LogP contribution in [-0.2, 0) is 9.53 Å². The van der Waals surface area contributed by atoms with Crippen LogP contribution in [0.4, 0.5) is 0 Å². The lowest BCUT2D eigenvalue weighted by Crippen LogP contribution is -2.28. The first kappa shape index (κ1) is 7.10. The second-order valence-corrected chi connectivity index (χ2v) is 3.20. The number of ether oxygens (including phenoxy) is 1. The zero-order valence-corrected chi connectivity index (χ0v) is 6.75. The van der Waals surface area contributed by atoms with Crippen LogP contribution in [0.3, 0.4) is 0 Å². The molecule has 2 heterocycles. The van der Waals surface area contributed by atoms with Crippen LogP contribution in [0.5, 0.6) is 0 Å². The third-order valence-corrected chi connectivity index (χ3v) is 2.49. The van der Waals surface area contributed by atoms with E-state index < -0.39 is 0 Å². The Balaban J connectivity index is 1.89. The highest BCUT2D eigenvalue weighted by molar-refractivity contribution is 5.76. The average molecular weight is 155 g/mol. The van der Waals surface area contributed by atoms with Gasteiger partial charge in [-0.3, -0.25) is 9.69 Å². The van der Waals surface area contributed by atoms with E-state index in [0.717, 1.165) is 13.0 Å². The minimum atomic E-state index is -0.0208. The van der Waals surface area contributed by atoms with Gasteiger partial charge in [-0.1, -0.05) is 0 Å². The highest BCUT2D eigenvalue weighted by Crippen LogP contribution is 2.35. The molecule has 0 spiro atoms. The summed E-state index contributed by atoms with van der Waals surface area (Å²) in [5.41, 5.74) is 0. The topological polar surface area (TPSA) is 29.3 Å². The molecule has 11 heavy (non-hydrogen) atoms. The number of hydrogen-bond acceptors (Lipinski definition) is 3. The van der Waals surface area contributed by atoms with Crippen LogP contribution in [0.1, 0.15) is 19.8 Å². The molecule has 0 bridgehead atoms. The molecular weight excluding hydrogens is 142 g/mol. The maximum atomic E-state index is 11.2. The molecule has 0 radical (unpaired) electrons. The zero-order chi connectivity index (χ0) is 7.84. The maximum absolute atomic E-state index is 11.2. The highest BCUT2D eigenvalue weighted by Gasteiger charge is 2.48. The average Bonchev–Trinajstić information content (AvgIpc) is 2.63. The van der Waals surface area contributed by atoms with Crippen LogP contribution < -0.4 is 0 Å². The lowest BCUT2D eigenvalue weighted by Gasteiger charge is -2.10. The molecule has 2 saturated heterocycles. The van der Waals surface area contributed by atoms with Gasteiger partial charge in [-0.2, -0.15) is 0 Å². The molecule has 3 heteroatoms. The van der Waals surface area contributed by atoms with Crippen molar-refractivity contribution in [3.63, 3.8) is 0 Å². The van der Waals surface area contributed by atoms with E-state index in [1.165, 1.54) is 6.42 Å². The van der Waals surface area contributed by atoms with Crippen molar-refractivity contribution in [2.75, 3.05) is 13.2 Å². The Bertz CT molecular complexity index is 181. The molecule has 0 aromatic rings. The SMILES string of the molecule is CCOC(=O)[C@@H]1CC[C@H]2CN21. The van der Waals surface area contributed by atoms with Gasteiger partial charge in [-0.25, -0.2) is 0 Å². The van der Waals surface area contributed by atoms with Gasteiger partial charge in [0.1, 0.15) is 6.04 Å². The van der Waals surface area contributed by atoms with Gasteiger partial charge in [0.05, 0.1) is 6.61 Å². The van der Waals surface area contributed by atoms with Crippen molar-refractivity contribution in [1.82, 2.24) is 4.90 Å². The summed E-state index contributed by atoms with van der Waals surface area (Å²) in [6.45, 7) is 3.48. The normalized spacial score (nSPS) is 39.9. The van der Waals surface area contributed by atoms with E-state index >= 15 is 0 Å². The first-order chi connectivity index (χ1) is 5.33. The van der Waals surface area contributed by atoms with Gasteiger partial charge in [0.2, 0.25) is 0 Å². The van der Waals surface area contributed by atoms with E-state index in [2.05, 4.69) is 4.90 Å². The summed E-state index contributed by atoms with van der Waals surface area (Å²) in [6, 6.07) is 0.810. The molecule has 2 aliphatic rings.